The highest BCUT2D eigenvalue weighted by Crippen LogP contribution is 2.31. The highest BCUT2D eigenvalue weighted by molar-refractivity contribution is 5.79. The minimum atomic E-state index is -0.898. The third-order valence-electron chi connectivity index (χ3n) is 3.93. The van der Waals surface area contributed by atoms with Crippen LogP contribution in [0.25, 0.3) is 0 Å². The molecule has 2 aromatic rings. The highest BCUT2D eigenvalue weighted by atomic mass is 16.3. The molecule has 0 saturated carbocycles. The quantitative estimate of drug-likeness (QED) is 0.917. The fraction of sp³-hybridized carbons (Fsp3) is 0.375. The van der Waals surface area contributed by atoms with Crippen LogP contribution < -0.4 is 0 Å². The molecule has 0 atom stereocenters. The van der Waals surface area contributed by atoms with E-state index in [0.717, 1.165) is 17.7 Å². The van der Waals surface area contributed by atoms with Gasteiger partial charge in [0.2, 0.25) is 5.91 Å². The number of rotatable bonds is 4. The average molecular weight is 285 g/mol. The lowest BCUT2D eigenvalue weighted by molar-refractivity contribution is -0.156. The summed E-state index contributed by atoms with van der Waals surface area (Å²) in [6.07, 6.45) is 3.95. The van der Waals surface area contributed by atoms with E-state index in [2.05, 4.69) is 5.10 Å². The Morgan fingerprint density at radius 2 is 2.05 bits per heavy atom. The average Bonchev–Trinajstić information content (AvgIpc) is 2.92. The van der Waals surface area contributed by atoms with E-state index in [1.54, 1.807) is 15.8 Å². The van der Waals surface area contributed by atoms with Gasteiger partial charge in [0.05, 0.1) is 25.7 Å². The lowest BCUT2D eigenvalue weighted by Crippen LogP contribution is -2.61. The second kappa shape index (κ2) is 5.33. The van der Waals surface area contributed by atoms with E-state index in [4.69, 9.17) is 0 Å². The lowest BCUT2D eigenvalue weighted by Gasteiger charge is -2.46. The number of carbonyl (C=O) groups excluding carboxylic acids is 1. The standard InChI is InChI=1S/C16H19N3O2/c1-2-19-10-13(9-17-19)8-15(20)18-11-16(21,12-18)14-6-4-3-5-7-14/h3-7,9-10,21H,2,8,11-12H2,1H3. The number of hydrogen-bond donors (Lipinski definition) is 1. The normalized spacial score (nSPS) is 16.6. The van der Waals surface area contributed by atoms with Crippen LogP contribution in [0.4, 0.5) is 0 Å². The van der Waals surface area contributed by atoms with Crippen molar-refractivity contribution in [3.05, 3.63) is 53.9 Å². The molecule has 1 aliphatic rings. The molecular weight excluding hydrogens is 266 g/mol. The van der Waals surface area contributed by atoms with Gasteiger partial charge in [-0.3, -0.25) is 9.48 Å². The summed E-state index contributed by atoms with van der Waals surface area (Å²) in [5, 5.41) is 14.7. The summed E-state index contributed by atoms with van der Waals surface area (Å²) in [5.41, 5.74) is 0.884. The van der Waals surface area contributed by atoms with Crippen LogP contribution in [0.2, 0.25) is 0 Å². The van der Waals surface area contributed by atoms with Gasteiger partial charge in [-0.1, -0.05) is 30.3 Å². The van der Waals surface area contributed by atoms with Crippen LogP contribution in [0.5, 0.6) is 0 Å². The number of β-amino-alcohol motifs (C(OH)–C–C–N with tert-alkyl or cyclic N) is 1. The molecular formula is C16H19N3O2. The van der Waals surface area contributed by atoms with Crippen LogP contribution in [0.15, 0.2) is 42.7 Å². The van der Waals surface area contributed by atoms with E-state index < -0.39 is 5.60 Å². The maximum atomic E-state index is 12.2. The first-order valence-electron chi connectivity index (χ1n) is 7.18. The van der Waals surface area contributed by atoms with Crippen molar-refractivity contribution in [1.82, 2.24) is 14.7 Å². The summed E-state index contributed by atoms with van der Waals surface area (Å²) in [6, 6.07) is 9.51. The molecule has 0 aliphatic carbocycles. The molecule has 1 aromatic carbocycles. The third-order valence-corrected chi connectivity index (χ3v) is 3.93. The number of aromatic nitrogens is 2. The van der Waals surface area contributed by atoms with Crippen molar-refractivity contribution >= 4 is 5.91 Å². The van der Waals surface area contributed by atoms with E-state index in [9.17, 15) is 9.90 Å². The smallest absolute Gasteiger partial charge is 0.227 e. The Balaban J connectivity index is 1.59. The summed E-state index contributed by atoms with van der Waals surface area (Å²) >= 11 is 0. The number of likely N-dealkylation sites (tertiary alicyclic amines) is 1. The molecule has 5 heteroatoms. The molecule has 1 aliphatic heterocycles. The Morgan fingerprint density at radius 1 is 1.33 bits per heavy atom. The fourth-order valence-corrected chi connectivity index (χ4v) is 2.65. The fourth-order valence-electron chi connectivity index (χ4n) is 2.65. The second-order valence-corrected chi connectivity index (χ2v) is 5.53. The Bertz CT molecular complexity index is 630. The molecule has 1 saturated heterocycles. The number of benzene rings is 1. The number of carbonyl (C=O) groups is 1. The van der Waals surface area contributed by atoms with E-state index in [1.807, 2.05) is 43.5 Å². The zero-order chi connectivity index (χ0) is 14.9. The maximum absolute atomic E-state index is 12.2. The van der Waals surface area contributed by atoms with E-state index >= 15 is 0 Å². The molecule has 1 N–H and O–H groups in total. The number of amides is 1. The maximum Gasteiger partial charge on any atom is 0.227 e. The van der Waals surface area contributed by atoms with Crippen molar-refractivity contribution < 1.29 is 9.90 Å². The van der Waals surface area contributed by atoms with Crippen LogP contribution in [0.1, 0.15) is 18.1 Å². The van der Waals surface area contributed by atoms with Gasteiger partial charge in [-0.05, 0) is 18.1 Å². The number of hydrogen-bond acceptors (Lipinski definition) is 3. The monoisotopic (exact) mass is 285 g/mol. The second-order valence-electron chi connectivity index (χ2n) is 5.53. The Kier molecular flexibility index (Phi) is 3.51. The molecule has 0 radical (unpaired) electrons. The first kappa shape index (κ1) is 13.8. The van der Waals surface area contributed by atoms with Crippen LogP contribution >= 0.6 is 0 Å². The van der Waals surface area contributed by atoms with Gasteiger partial charge >= 0.3 is 0 Å². The molecule has 1 fully saturated rings. The molecule has 0 bridgehead atoms. The van der Waals surface area contributed by atoms with Gasteiger partial charge in [0.25, 0.3) is 0 Å². The van der Waals surface area contributed by atoms with Crippen LogP contribution in [-0.2, 0) is 23.4 Å². The molecule has 21 heavy (non-hydrogen) atoms. The first-order chi connectivity index (χ1) is 10.1. The van der Waals surface area contributed by atoms with Crippen LogP contribution in [-0.4, -0.2) is 38.8 Å². The zero-order valence-corrected chi connectivity index (χ0v) is 12.1. The van der Waals surface area contributed by atoms with Crippen LogP contribution in [0, 0.1) is 0 Å². The predicted molar refractivity (Wildman–Crippen MR) is 78.5 cm³/mol. The van der Waals surface area contributed by atoms with Gasteiger partial charge in [-0.15, -0.1) is 0 Å². The number of aryl methyl sites for hydroxylation is 1. The first-order valence-corrected chi connectivity index (χ1v) is 7.18. The van der Waals surface area contributed by atoms with Crippen molar-refractivity contribution in [2.75, 3.05) is 13.1 Å². The van der Waals surface area contributed by atoms with E-state index in [-0.39, 0.29) is 5.91 Å². The van der Waals surface area contributed by atoms with Gasteiger partial charge in [-0.2, -0.15) is 5.10 Å². The van der Waals surface area contributed by atoms with Crippen LogP contribution in [0.3, 0.4) is 0 Å². The SMILES string of the molecule is CCn1cc(CC(=O)N2CC(O)(c3ccccc3)C2)cn1. The Hall–Kier alpha value is -2.14. The summed E-state index contributed by atoms with van der Waals surface area (Å²) in [7, 11) is 0. The Morgan fingerprint density at radius 3 is 2.67 bits per heavy atom. The molecule has 1 aromatic heterocycles. The highest BCUT2D eigenvalue weighted by Gasteiger charge is 2.44. The molecule has 2 heterocycles. The summed E-state index contributed by atoms with van der Waals surface area (Å²) in [5.74, 6) is 0.0336. The van der Waals surface area contributed by atoms with Crippen molar-refractivity contribution in [3.8, 4) is 0 Å². The minimum absolute atomic E-state index is 0.0336. The van der Waals surface area contributed by atoms with Gasteiger partial charge in [0, 0.05) is 12.7 Å². The van der Waals surface area contributed by atoms with Gasteiger partial charge in [0.1, 0.15) is 5.60 Å². The van der Waals surface area contributed by atoms with Crippen molar-refractivity contribution in [1.29, 1.82) is 0 Å². The predicted octanol–water partition coefficient (Wildman–Crippen LogP) is 1.18. The third kappa shape index (κ3) is 2.69. The van der Waals surface area contributed by atoms with E-state index in [1.165, 1.54) is 0 Å². The molecule has 0 spiro atoms. The lowest BCUT2D eigenvalue weighted by atomic mass is 9.86. The summed E-state index contributed by atoms with van der Waals surface area (Å²) in [6.45, 7) is 3.52. The molecule has 5 nitrogen and oxygen atoms in total. The molecule has 1 amide bonds. The zero-order valence-electron chi connectivity index (χ0n) is 12.1. The van der Waals surface area contributed by atoms with Gasteiger partial charge in [-0.25, -0.2) is 0 Å². The van der Waals surface area contributed by atoms with Crippen molar-refractivity contribution in [2.24, 2.45) is 0 Å². The van der Waals surface area contributed by atoms with Gasteiger partial charge in [0.15, 0.2) is 0 Å². The number of aliphatic hydroxyl groups is 1. The summed E-state index contributed by atoms with van der Waals surface area (Å²) < 4.78 is 1.80. The topological polar surface area (TPSA) is 58.4 Å². The molecule has 3 rings (SSSR count). The molecule has 110 valence electrons. The Labute approximate surface area is 123 Å². The summed E-state index contributed by atoms with van der Waals surface area (Å²) in [4.78, 5) is 13.9. The molecule has 0 unspecified atom stereocenters. The number of nitrogens with zero attached hydrogens (tertiary/aromatic N) is 3. The minimum Gasteiger partial charge on any atom is -0.381 e. The van der Waals surface area contributed by atoms with Crippen molar-refractivity contribution in [3.63, 3.8) is 0 Å². The van der Waals surface area contributed by atoms with Crippen molar-refractivity contribution in [2.45, 2.75) is 25.5 Å². The van der Waals surface area contributed by atoms with E-state index in [0.29, 0.717) is 19.5 Å². The largest absolute Gasteiger partial charge is 0.381 e. The van der Waals surface area contributed by atoms with Gasteiger partial charge < -0.3 is 10.0 Å².